The summed E-state index contributed by atoms with van der Waals surface area (Å²) in [4.78, 5) is 20.8. The molecular formula is C8H8O3. The molecule has 0 aliphatic heterocycles. The smallest absolute Gasteiger partial charge is 0.336 e. The number of aldehydes is 1. The summed E-state index contributed by atoms with van der Waals surface area (Å²) < 4.78 is 0. The van der Waals surface area contributed by atoms with Gasteiger partial charge >= 0.3 is 5.97 Å². The summed E-state index contributed by atoms with van der Waals surface area (Å²) in [5.41, 5.74) is 0.426. The molecule has 0 heterocycles. The van der Waals surface area contributed by atoms with Gasteiger partial charge in [-0.3, -0.25) is 4.79 Å². The van der Waals surface area contributed by atoms with Crippen LogP contribution in [-0.2, 0) is 9.59 Å². The van der Waals surface area contributed by atoms with Gasteiger partial charge in [0.15, 0.2) is 6.29 Å². The van der Waals surface area contributed by atoms with Gasteiger partial charge < -0.3 is 5.11 Å². The van der Waals surface area contributed by atoms with Crippen LogP contribution in [0.2, 0.25) is 0 Å². The summed E-state index contributed by atoms with van der Waals surface area (Å²) in [6.07, 6.45) is 5.27. The Labute approximate surface area is 64.0 Å². The van der Waals surface area contributed by atoms with Gasteiger partial charge in [-0.15, -0.1) is 0 Å². The molecule has 0 aromatic carbocycles. The molecule has 0 fully saturated rings. The molecule has 0 bridgehead atoms. The van der Waals surface area contributed by atoms with Crippen LogP contribution in [-0.4, -0.2) is 17.4 Å². The molecule has 0 spiro atoms. The Balaban J connectivity index is 2.92. The molecule has 0 atom stereocenters. The minimum absolute atomic E-state index is 0.131. The highest BCUT2D eigenvalue weighted by Crippen LogP contribution is 2.16. The standard InChI is InChI=1S/C8H8O3/c9-5-6-3-1-2-4-7(6)8(10)11/h3-5H,1-2H2,(H,10,11). The molecule has 0 radical (unpaired) electrons. The number of rotatable bonds is 2. The van der Waals surface area contributed by atoms with Crippen LogP contribution in [0.15, 0.2) is 23.3 Å². The molecule has 1 aliphatic carbocycles. The minimum Gasteiger partial charge on any atom is -0.478 e. The molecule has 1 N–H and O–H groups in total. The van der Waals surface area contributed by atoms with Crippen LogP contribution in [0.5, 0.6) is 0 Å². The highest BCUT2D eigenvalue weighted by molar-refractivity contribution is 6.01. The molecule has 0 amide bonds. The maximum absolute atomic E-state index is 10.5. The van der Waals surface area contributed by atoms with E-state index in [1.165, 1.54) is 0 Å². The van der Waals surface area contributed by atoms with Crippen LogP contribution in [0.25, 0.3) is 0 Å². The molecule has 0 aromatic heterocycles. The van der Waals surface area contributed by atoms with Crippen molar-refractivity contribution in [2.45, 2.75) is 12.8 Å². The Hall–Kier alpha value is -1.38. The highest BCUT2D eigenvalue weighted by atomic mass is 16.4. The summed E-state index contributed by atoms with van der Waals surface area (Å²) in [5, 5.41) is 8.57. The Morgan fingerprint density at radius 3 is 2.55 bits per heavy atom. The predicted octanol–water partition coefficient (Wildman–Crippen LogP) is 0.916. The topological polar surface area (TPSA) is 54.4 Å². The third-order valence-electron chi connectivity index (χ3n) is 1.55. The van der Waals surface area contributed by atoms with Gasteiger partial charge in [-0.2, -0.15) is 0 Å². The average Bonchev–Trinajstić information content (AvgIpc) is 2.04. The van der Waals surface area contributed by atoms with Crippen molar-refractivity contribution in [2.24, 2.45) is 0 Å². The zero-order valence-electron chi connectivity index (χ0n) is 5.91. The summed E-state index contributed by atoms with van der Waals surface area (Å²) in [6.45, 7) is 0. The number of hydrogen-bond acceptors (Lipinski definition) is 2. The first-order chi connectivity index (χ1) is 5.25. The van der Waals surface area contributed by atoms with E-state index in [0.29, 0.717) is 18.3 Å². The number of hydrogen-bond donors (Lipinski definition) is 1. The predicted molar refractivity (Wildman–Crippen MR) is 39.1 cm³/mol. The van der Waals surface area contributed by atoms with Crippen molar-refractivity contribution in [3.05, 3.63) is 23.3 Å². The van der Waals surface area contributed by atoms with Crippen molar-refractivity contribution in [3.8, 4) is 0 Å². The van der Waals surface area contributed by atoms with E-state index < -0.39 is 5.97 Å². The monoisotopic (exact) mass is 152 g/mol. The summed E-state index contributed by atoms with van der Waals surface area (Å²) >= 11 is 0. The molecule has 1 aliphatic rings. The third-order valence-corrected chi connectivity index (χ3v) is 1.55. The summed E-state index contributed by atoms with van der Waals surface area (Å²) in [6, 6.07) is 0. The maximum Gasteiger partial charge on any atom is 0.336 e. The fraction of sp³-hybridized carbons (Fsp3) is 0.250. The minimum atomic E-state index is -1.02. The Morgan fingerprint density at radius 1 is 1.45 bits per heavy atom. The van der Waals surface area contributed by atoms with Gasteiger partial charge in [-0.05, 0) is 12.8 Å². The highest BCUT2D eigenvalue weighted by Gasteiger charge is 2.13. The molecule has 0 unspecified atom stereocenters. The van der Waals surface area contributed by atoms with Gasteiger partial charge in [0.2, 0.25) is 0 Å². The number of allylic oxidation sites excluding steroid dienone is 2. The van der Waals surface area contributed by atoms with Crippen LogP contribution in [0.3, 0.4) is 0 Å². The lowest BCUT2D eigenvalue weighted by atomic mass is 9.99. The van der Waals surface area contributed by atoms with Crippen molar-refractivity contribution in [2.75, 3.05) is 0 Å². The molecular weight excluding hydrogens is 144 g/mol. The molecule has 0 saturated carbocycles. The van der Waals surface area contributed by atoms with Crippen molar-refractivity contribution < 1.29 is 14.7 Å². The average molecular weight is 152 g/mol. The van der Waals surface area contributed by atoms with Crippen molar-refractivity contribution in [1.82, 2.24) is 0 Å². The van der Waals surface area contributed by atoms with Gasteiger partial charge in [0.05, 0.1) is 5.57 Å². The quantitative estimate of drug-likeness (QED) is 0.598. The molecule has 11 heavy (non-hydrogen) atoms. The van der Waals surface area contributed by atoms with E-state index in [-0.39, 0.29) is 5.57 Å². The van der Waals surface area contributed by atoms with Crippen LogP contribution in [0.4, 0.5) is 0 Å². The van der Waals surface area contributed by atoms with E-state index in [2.05, 4.69) is 0 Å². The molecule has 3 nitrogen and oxygen atoms in total. The zero-order valence-corrected chi connectivity index (χ0v) is 5.91. The van der Waals surface area contributed by atoms with Crippen molar-refractivity contribution >= 4 is 12.3 Å². The fourth-order valence-electron chi connectivity index (χ4n) is 1.02. The van der Waals surface area contributed by atoms with Gasteiger partial charge in [-0.25, -0.2) is 4.79 Å². The maximum atomic E-state index is 10.5. The first-order valence-corrected chi connectivity index (χ1v) is 3.35. The Bertz CT molecular complexity index is 248. The number of carboxylic acid groups (broad SMARTS) is 1. The molecule has 0 aromatic rings. The number of carboxylic acids is 1. The first-order valence-electron chi connectivity index (χ1n) is 3.35. The van der Waals surface area contributed by atoms with Crippen LogP contribution < -0.4 is 0 Å². The Kier molecular flexibility index (Phi) is 2.21. The van der Waals surface area contributed by atoms with E-state index in [0.717, 1.165) is 6.42 Å². The number of carbonyl (C=O) groups is 2. The molecule has 3 heteroatoms. The van der Waals surface area contributed by atoms with Gasteiger partial charge in [0.25, 0.3) is 0 Å². The van der Waals surface area contributed by atoms with Crippen LogP contribution in [0, 0.1) is 0 Å². The largest absolute Gasteiger partial charge is 0.478 e. The molecule has 58 valence electrons. The normalized spacial score (nSPS) is 16.7. The van der Waals surface area contributed by atoms with Gasteiger partial charge in [0.1, 0.15) is 0 Å². The SMILES string of the molecule is O=CC1=CCCC=C1C(=O)O. The van der Waals surface area contributed by atoms with E-state index in [9.17, 15) is 9.59 Å². The summed E-state index contributed by atoms with van der Waals surface area (Å²) in [5.74, 6) is -1.02. The lowest BCUT2D eigenvalue weighted by Gasteiger charge is -2.05. The molecule has 1 rings (SSSR count). The second-order valence-corrected chi connectivity index (χ2v) is 2.28. The fourth-order valence-corrected chi connectivity index (χ4v) is 1.02. The second-order valence-electron chi connectivity index (χ2n) is 2.28. The Morgan fingerprint density at radius 2 is 2.09 bits per heavy atom. The zero-order chi connectivity index (χ0) is 8.27. The van der Waals surface area contributed by atoms with E-state index in [4.69, 9.17) is 5.11 Å². The van der Waals surface area contributed by atoms with E-state index in [1.807, 2.05) is 0 Å². The third kappa shape index (κ3) is 1.55. The van der Waals surface area contributed by atoms with Gasteiger partial charge in [0, 0.05) is 5.57 Å². The van der Waals surface area contributed by atoms with Gasteiger partial charge in [-0.1, -0.05) is 12.2 Å². The van der Waals surface area contributed by atoms with Crippen LogP contribution >= 0.6 is 0 Å². The van der Waals surface area contributed by atoms with Crippen molar-refractivity contribution in [3.63, 3.8) is 0 Å². The number of carbonyl (C=O) groups excluding carboxylic acids is 1. The molecule has 0 saturated heterocycles. The van der Waals surface area contributed by atoms with Crippen molar-refractivity contribution in [1.29, 1.82) is 0 Å². The number of aliphatic carboxylic acids is 1. The van der Waals surface area contributed by atoms with Crippen LogP contribution in [0.1, 0.15) is 12.8 Å². The van der Waals surface area contributed by atoms with E-state index in [1.54, 1.807) is 12.2 Å². The second kappa shape index (κ2) is 3.14. The van der Waals surface area contributed by atoms with E-state index >= 15 is 0 Å². The lowest BCUT2D eigenvalue weighted by molar-refractivity contribution is -0.132. The summed E-state index contributed by atoms with van der Waals surface area (Å²) in [7, 11) is 0. The first kappa shape index (κ1) is 7.72. The lowest BCUT2D eigenvalue weighted by Crippen LogP contribution is -2.07.